The average molecular weight is 339 g/mol. The van der Waals surface area contributed by atoms with Crippen LogP contribution in [-0.2, 0) is 18.3 Å². The number of fused-ring (bicyclic) bond motifs is 2. The molecule has 1 aliphatic heterocycles. The topological polar surface area (TPSA) is 99.0 Å². The van der Waals surface area contributed by atoms with Crippen molar-refractivity contribution >= 4 is 17.4 Å². The fraction of sp³-hybridized carbons (Fsp3) is 0.474. The summed E-state index contributed by atoms with van der Waals surface area (Å²) >= 11 is 0. The monoisotopic (exact) mass is 339 g/mol. The van der Waals surface area contributed by atoms with Crippen LogP contribution in [0.15, 0.2) is 18.2 Å². The predicted octanol–water partition coefficient (Wildman–Crippen LogP) is 2.00. The van der Waals surface area contributed by atoms with Gasteiger partial charge in [-0.1, -0.05) is 18.2 Å². The number of rotatable bonds is 1. The van der Waals surface area contributed by atoms with Crippen molar-refractivity contribution in [1.82, 2.24) is 9.78 Å². The molecular formula is C19H25N5O. The third kappa shape index (κ3) is 2.35. The third-order valence-corrected chi connectivity index (χ3v) is 5.79. The van der Waals surface area contributed by atoms with Crippen molar-refractivity contribution in [2.75, 3.05) is 17.6 Å². The Kier molecular flexibility index (Phi) is 3.61. The maximum atomic E-state index is 13.5. The second-order valence-electron chi connectivity index (χ2n) is 7.54. The number of nitrogens with two attached hydrogens (primary N) is 2. The van der Waals surface area contributed by atoms with Gasteiger partial charge in [-0.2, -0.15) is 9.78 Å². The molecule has 0 saturated heterocycles. The largest absolute Gasteiger partial charge is 0.385 e. The van der Waals surface area contributed by atoms with Gasteiger partial charge >= 0.3 is 0 Å². The first kappa shape index (κ1) is 16.1. The van der Waals surface area contributed by atoms with Crippen LogP contribution in [0.4, 0.5) is 11.5 Å². The molecule has 2 atom stereocenters. The van der Waals surface area contributed by atoms with Gasteiger partial charge in [0.15, 0.2) is 0 Å². The molecule has 2 unspecified atom stereocenters. The number of nitrogens with zero attached hydrogens (tertiary/aromatic N) is 2. The fourth-order valence-corrected chi connectivity index (χ4v) is 4.17. The second kappa shape index (κ2) is 5.59. The van der Waals surface area contributed by atoms with Crippen LogP contribution < -0.4 is 16.8 Å². The molecule has 132 valence electrons. The first-order valence-electron chi connectivity index (χ1n) is 8.92. The highest BCUT2D eigenvalue weighted by Gasteiger charge is 2.42. The van der Waals surface area contributed by atoms with Crippen LogP contribution in [0, 0.1) is 6.92 Å². The van der Waals surface area contributed by atoms with Crippen LogP contribution in [0.25, 0.3) is 0 Å². The molecule has 2 aliphatic rings. The number of para-hydroxylation sites is 1. The first-order chi connectivity index (χ1) is 11.9. The molecule has 0 spiro atoms. The van der Waals surface area contributed by atoms with E-state index >= 15 is 0 Å². The van der Waals surface area contributed by atoms with Crippen LogP contribution in [0.5, 0.6) is 0 Å². The van der Waals surface area contributed by atoms with Crippen molar-refractivity contribution in [1.29, 1.82) is 0 Å². The second-order valence-corrected chi connectivity index (χ2v) is 7.54. The van der Waals surface area contributed by atoms with Crippen LogP contribution in [-0.4, -0.2) is 28.3 Å². The number of aromatic nitrogens is 2. The third-order valence-electron chi connectivity index (χ3n) is 5.79. The molecule has 1 aliphatic carbocycles. The minimum atomic E-state index is -0.641. The van der Waals surface area contributed by atoms with E-state index in [-0.39, 0.29) is 11.9 Å². The lowest BCUT2D eigenvalue weighted by atomic mass is 9.75. The van der Waals surface area contributed by atoms with Gasteiger partial charge in [0, 0.05) is 30.3 Å². The van der Waals surface area contributed by atoms with Gasteiger partial charge in [-0.3, -0.25) is 4.79 Å². The lowest BCUT2D eigenvalue weighted by molar-refractivity contribution is 0.0785. The Morgan fingerprint density at radius 2 is 2.24 bits per heavy atom. The lowest BCUT2D eigenvalue weighted by Crippen LogP contribution is -2.42. The first-order valence-corrected chi connectivity index (χ1v) is 8.92. The number of aryl methyl sites for hydroxylation is 1. The van der Waals surface area contributed by atoms with E-state index in [2.05, 4.69) is 23.4 Å². The Bertz CT molecular complexity index is 856. The van der Waals surface area contributed by atoms with Crippen LogP contribution in [0.1, 0.15) is 46.9 Å². The van der Waals surface area contributed by atoms with Crippen molar-refractivity contribution in [3.05, 3.63) is 40.6 Å². The molecule has 6 nitrogen and oxygen atoms in total. The van der Waals surface area contributed by atoms with Crippen LogP contribution in [0.2, 0.25) is 0 Å². The van der Waals surface area contributed by atoms with E-state index in [1.807, 2.05) is 19.1 Å². The number of hydrogen-bond acceptors (Lipinski definition) is 5. The molecule has 2 heterocycles. The maximum Gasteiger partial charge on any atom is 0.259 e. The molecule has 1 aromatic carbocycles. The number of carbonyl (C=O) groups excluding carboxylic acids is 1. The number of carbonyl (C=O) groups is 1. The van der Waals surface area contributed by atoms with Crippen molar-refractivity contribution in [2.24, 2.45) is 5.73 Å². The van der Waals surface area contributed by atoms with Crippen molar-refractivity contribution < 1.29 is 4.79 Å². The maximum absolute atomic E-state index is 13.5. The molecule has 0 fully saturated rings. The van der Waals surface area contributed by atoms with Crippen molar-refractivity contribution in [2.45, 2.75) is 51.0 Å². The molecule has 0 amide bonds. The van der Waals surface area contributed by atoms with E-state index < -0.39 is 5.41 Å². The summed E-state index contributed by atoms with van der Waals surface area (Å²) in [6, 6.07) is 6.19. The summed E-state index contributed by atoms with van der Waals surface area (Å²) in [4.78, 5) is 13.5. The quantitative estimate of drug-likeness (QED) is 0.738. The zero-order valence-electron chi connectivity index (χ0n) is 14.8. The van der Waals surface area contributed by atoms with Gasteiger partial charge in [0.25, 0.3) is 5.91 Å². The summed E-state index contributed by atoms with van der Waals surface area (Å²) in [5, 5.41) is 7.99. The van der Waals surface area contributed by atoms with E-state index in [4.69, 9.17) is 11.5 Å². The van der Waals surface area contributed by atoms with Gasteiger partial charge < -0.3 is 16.8 Å². The minimum Gasteiger partial charge on any atom is -0.385 e. The molecule has 6 heteroatoms. The fourth-order valence-electron chi connectivity index (χ4n) is 4.17. The van der Waals surface area contributed by atoms with Gasteiger partial charge in [-0.05, 0) is 44.2 Å². The molecule has 4 rings (SSSR count). The summed E-state index contributed by atoms with van der Waals surface area (Å²) in [5.74, 6) is 0.433. The molecule has 25 heavy (non-hydrogen) atoms. The molecule has 0 saturated carbocycles. The highest BCUT2D eigenvalue weighted by Crippen LogP contribution is 2.40. The van der Waals surface area contributed by atoms with Gasteiger partial charge in [0.1, 0.15) is 5.82 Å². The average Bonchev–Trinajstić information content (AvgIpc) is 2.91. The summed E-state index contributed by atoms with van der Waals surface area (Å²) in [6.45, 7) is 4.82. The van der Waals surface area contributed by atoms with E-state index in [0.29, 0.717) is 18.7 Å². The van der Waals surface area contributed by atoms with Crippen LogP contribution >= 0.6 is 0 Å². The number of hydrogen-bond donors (Lipinski definition) is 3. The number of nitrogens with one attached hydrogen (secondary N) is 1. The van der Waals surface area contributed by atoms with E-state index in [1.165, 1.54) is 4.68 Å². The number of benzene rings is 1. The summed E-state index contributed by atoms with van der Waals surface area (Å²) in [6.07, 6.45) is 3.09. The van der Waals surface area contributed by atoms with Crippen molar-refractivity contribution in [3.63, 3.8) is 0 Å². The highest BCUT2D eigenvalue weighted by atomic mass is 16.2. The predicted molar refractivity (Wildman–Crippen MR) is 98.9 cm³/mol. The van der Waals surface area contributed by atoms with Crippen LogP contribution in [0.3, 0.4) is 0 Å². The van der Waals surface area contributed by atoms with Gasteiger partial charge in [-0.15, -0.1) is 0 Å². The smallest absolute Gasteiger partial charge is 0.259 e. The highest BCUT2D eigenvalue weighted by molar-refractivity contribution is 5.94. The zero-order valence-corrected chi connectivity index (χ0v) is 14.8. The van der Waals surface area contributed by atoms with Gasteiger partial charge in [0.2, 0.25) is 0 Å². The summed E-state index contributed by atoms with van der Waals surface area (Å²) < 4.78 is 1.43. The number of nitrogen functional groups attached to an aromatic ring is 1. The zero-order chi connectivity index (χ0) is 17.8. The molecular weight excluding hydrogens is 314 g/mol. The normalized spacial score (nSPS) is 25.0. The number of anilines is 2. The Hall–Kier alpha value is -2.34. The Morgan fingerprint density at radius 3 is 3.04 bits per heavy atom. The minimum absolute atomic E-state index is 0.0543. The molecule has 5 N–H and O–H groups in total. The van der Waals surface area contributed by atoms with Gasteiger partial charge in [0.05, 0.1) is 11.1 Å². The van der Waals surface area contributed by atoms with E-state index in [0.717, 1.165) is 47.5 Å². The molecule has 0 bridgehead atoms. The van der Waals surface area contributed by atoms with E-state index in [9.17, 15) is 4.79 Å². The summed E-state index contributed by atoms with van der Waals surface area (Å²) in [7, 11) is 0. The lowest BCUT2D eigenvalue weighted by Gasteiger charge is -2.35. The Labute approximate surface area is 147 Å². The molecule has 0 radical (unpaired) electrons. The summed E-state index contributed by atoms with van der Waals surface area (Å²) in [5.41, 5.74) is 16.8. The van der Waals surface area contributed by atoms with Crippen molar-refractivity contribution in [3.8, 4) is 0 Å². The standard InChI is InChI=1S/C19H25N5O/c1-11-4-3-5-14-16(11)22-9-8-19(14,2)18(25)24-17(21)13-7-6-12(20)10-15(13)23-24/h3-5,12,22H,6-10,20-21H2,1-2H3. The Morgan fingerprint density at radius 1 is 1.44 bits per heavy atom. The van der Waals surface area contributed by atoms with Gasteiger partial charge in [-0.25, -0.2) is 0 Å². The molecule has 1 aromatic heterocycles. The molecule has 2 aromatic rings. The van der Waals surface area contributed by atoms with E-state index in [1.54, 1.807) is 0 Å². The Balaban J connectivity index is 1.79. The SMILES string of the molecule is Cc1cccc2c1NCCC2(C)C(=O)n1nc2c(c1N)CCC(N)C2.